The van der Waals surface area contributed by atoms with Gasteiger partial charge in [0.05, 0.1) is 12.8 Å². The number of hydrogen-bond donors (Lipinski definition) is 1. The summed E-state index contributed by atoms with van der Waals surface area (Å²) < 4.78 is 10.3. The van der Waals surface area contributed by atoms with Crippen molar-refractivity contribution < 1.29 is 19.1 Å². The minimum Gasteiger partial charge on any atom is -0.496 e. The van der Waals surface area contributed by atoms with Gasteiger partial charge in [0.15, 0.2) is 6.61 Å². The first-order chi connectivity index (χ1) is 13.7. The number of nitrogens with one attached hydrogen (secondary N) is 1. The number of esters is 1. The summed E-state index contributed by atoms with van der Waals surface area (Å²) in [6.45, 7) is -0.388. The number of rotatable bonds is 7. The fourth-order valence-electron chi connectivity index (χ4n) is 2.48. The Morgan fingerprint density at radius 3 is 2.36 bits per heavy atom. The second-order valence-corrected chi connectivity index (χ2v) is 6.85. The molecule has 5 nitrogen and oxygen atoms in total. The molecule has 28 heavy (non-hydrogen) atoms. The van der Waals surface area contributed by atoms with Crippen LogP contribution in [-0.4, -0.2) is 25.6 Å². The minimum atomic E-state index is -0.612. The zero-order valence-electron chi connectivity index (χ0n) is 15.3. The number of carbonyl (C=O) groups is 2. The number of methoxy groups -OCH3 is 1. The van der Waals surface area contributed by atoms with Crippen LogP contribution in [0, 0.1) is 0 Å². The summed E-state index contributed by atoms with van der Waals surface area (Å²) in [5, 5.41) is 2.80. The van der Waals surface area contributed by atoms with E-state index in [4.69, 9.17) is 9.47 Å². The predicted molar refractivity (Wildman–Crippen MR) is 109 cm³/mol. The van der Waals surface area contributed by atoms with Gasteiger partial charge in [-0.25, -0.2) is 4.79 Å². The first-order valence-corrected chi connectivity index (χ1v) is 9.41. The highest BCUT2D eigenvalue weighted by molar-refractivity contribution is 7.99. The van der Waals surface area contributed by atoms with E-state index in [2.05, 4.69) is 5.32 Å². The zero-order valence-corrected chi connectivity index (χ0v) is 16.1. The fraction of sp³-hybridized carbons (Fsp3) is 0.0909. The summed E-state index contributed by atoms with van der Waals surface area (Å²) in [6, 6.07) is 24.1. The Morgan fingerprint density at radius 1 is 0.893 bits per heavy atom. The Bertz CT molecular complexity index is 960. The number of anilines is 1. The van der Waals surface area contributed by atoms with E-state index in [1.807, 2.05) is 54.6 Å². The van der Waals surface area contributed by atoms with Crippen molar-refractivity contribution in [2.75, 3.05) is 19.0 Å². The van der Waals surface area contributed by atoms with Crippen LogP contribution in [0.1, 0.15) is 10.4 Å². The van der Waals surface area contributed by atoms with E-state index in [1.54, 1.807) is 36.0 Å². The Kier molecular flexibility index (Phi) is 6.70. The Hall–Kier alpha value is -3.25. The molecule has 1 N–H and O–H groups in total. The molecule has 0 fully saturated rings. The maximum Gasteiger partial charge on any atom is 0.342 e. The Balaban J connectivity index is 1.62. The highest BCUT2D eigenvalue weighted by atomic mass is 32.2. The lowest BCUT2D eigenvalue weighted by Crippen LogP contribution is -2.21. The molecular weight excluding hydrogens is 374 g/mol. The molecule has 0 saturated heterocycles. The van der Waals surface area contributed by atoms with Crippen LogP contribution in [0.15, 0.2) is 88.7 Å². The summed E-state index contributed by atoms with van der Waals surface area (Å²) >= 11 is 1.54. The third kappa shape index (κ3) is 5.14. The molecule has 0 radical (unpaired) electrons. The summed E-state index contributed by atoms with van der Waals surface area (Å²) in [4.78, 5) is 26.4. The average molecular weight is 393 g/mol. The number of carbonyl (C=O) groups excluding carboxylic acids is 2. The predicted octanol–water partition coefficient (Wildman–Crippen LogP) is 4.64. The summed E-state index contributed by atoms with van der Waals surface area (Å²) in [5.74, 6) is -0.624. The van der Waals surface area contributed by atoms with E-state index in [0.717, 1.165) is 9.79 Å². The van der Waals surface area contributed by atoms with Gasteiger partial charge in [-0.15, -0.1) is 0 Å². The standard InChI is InChI=1S/C22H19NO4S/c1-26-19-13-7-5-11-17(19)22(25)27-15-21(24)23-18-12-6-8-14-20(18)28-16-9-3-2-4-10-16/h2-14H,15H2,1H3,(H,23,24). The molecule has 0 saturated carbocycles. The molecule has 0 aliphatic rings. The van der Waals surface area contributed by atoms with Gasteiger partial charge < -0.3 is 14.8 Å². The largest absolute Gasteiger partial charge is 0.496 e. The minimum absolute atomic E-state index is 0.276. The van der Waals surface area contributed by atoms with Crippen LogP contribution in [0.5, 0.6) is 5.75 Å². The van der Waals surface area contributed by atoms with E-state index in [9.17, 15) is 9.59 Å². The van der Waals surface area contributed by atoms with Crippen molar-refractivity contribution in [3.05, 3.63) is 84.4 Å². The molecule has 3 rings (SSSR count). The van der Waals surface area contributed by atoms with Gasteiger partial charge in [-0.2, -0.15) is 0 Å². The molecule has 0 unspecified atom stereocenters. The molecule has 6 heteroatoms. The van der Waals surface area contributed by atoms with Crippen molar-refractivity contribution in [3.8, 4) is 5.75 Å². The smallest absolute Gasteiger partial charge is 0.342 e. The van der Waals surface area contributed by atoms with Crippen LogP contribution in [0.3, 0.4) is 0 Å². The molecule has 0 aromatic heterocycles. The van der Waals surface area contributed by atoms with Gasteiger partial charge in [0, 0.05) is 9.79 Å². The summed E-state index contributed by atoms with van der Waals surface area (Å²) in [5.41, 5.74) is 0.938. The quantitative estimate of drug-likeness (QED) is 0.593. The number of ether oxygens (including phenoxy) is 2. The first kappa shape index (κ1) is 19.5. The molecule has 0 aliphatic heterocycles. The summed E-state index contributed by atoms with van der Waals surface area (Å²) in [7, 11) is 1.47. The average Bonchev–Trinajstić information content (AvgIpc) is 2.74. The van der Waals surface area contributed by atoms with Gasteiger partial charge in [-0.1, -0.05) is 54.2 Å². The molecule has 142 valence electrons. The third-order valence-electron chi connectivity index (χ3n) is 3.79. The van der Waals surface area contributed by atoms with Crippen LogP contribution < -0.4 is 10.1 Å². The highest BCUT2D eigenvalue weighted by Gasteiger charge is 2.15. The van der Waals surface area contributed by atoms with Crippen molar-refractivity contribution in [1.29, 1.82) is 0 Å². The molecule has 0 heterocycles. The van der Waals surface area contributed by atoms with E-state index in [-0.39, 0.29) is 12.2 Å². The van der Waals surface area contributed by atoms with Crippen molar-refractivity contribution in [3.63, 3.8) is 0 Å². The van der Waals surface area contributed by atoms with Crippen LogP contribution in [0.25, 0.3) is 0 Å². The van der Waals surface area contributed by atoms with E-state index in [1.165, 1.54) is 7.11 Å². The van der Waals surface area contributed by atoms with Crippen LogP contribution in [0.4, 0.5) is 5.69 Å². The van der Waals surface area contributed by atoms with Crippen molar-refractivity contribution in [2.24, 2.45) is 0 Å². The molecule has 3 aromatic rings. The van der Waals surface area contributed by atoms with E-state index < -0.39 is 11.9 Å². The SMILES string of the molecule is COc1ccccc1C(=O)OCC(=O)Nc1ccccc1Sc1ccccc1. The molecule has 0 atom stereocenters. The monoisotopic (exact) mass is 393 g/mol. The van der Waals surface area contributed by atoms with Crippen molar-refractivity contribution in [1.82, 2.24) is 0 Å². The fourth-order valence-corrected chi connectivity index (χ4v) is 3.41. The van der Waals surface area contributed by atoms with E-state index >= 15 is 0 Å². The van der Waals surface area contributed by atoms with Crippen molar-refractivity contribution >= 4 is 29.3 Å². The second kappa shape index (κ2) is 9.62. The van der Waals surface area contributed by atoms with E-state index in [0.29, 0.717) is 11.4 Å². The molecule has 0 spiro atoms. The van der Waals surface area contributed by atoms with Gasteiger partial charge in [-0.3, -0.25) is 4.79 Å². The maximum atomic E-state index is 12.3. The van der Waals surface area contributed by atoms with Gasteiger partial charge >= 0.3 is 5.97 Å². The normalized spacial score (nSPS) is 10.2. The lowest BCUT2D eigenvalue weighted by atomic mass is 10.2. The third-order valence-corrected chi connectivity index (χ3v) is 4.88. The Morgan fingerprint density at radius 2 is 1.57 bits per heavy atom. The number of hydrogen-bond acceptors (Lipinski definition) is 5. The molecule has 0 aliphatic carbocycles. The van der Waals surface area contributed by atoms with Crippen LogP contribution in [-0.2, 0) is 9.53 Å². The molecule has 3 aromatic carbocycles. The zero-order chi connectivity index (χ0) is 19.8. The molecular formula is C22H19NO4S. The Labute approximate surface area is 167 Å². The lowest BCUT2D eigenvalue weighted by molar-refractivity contribution is -0.119. The topological polar surface area (TPSA) is 64.6 Å². The molecule has 1 amide bonds. The first-order valence-electron chi connectivity index (χ1n) is 8.59. The number of amides is 1. The van der Waals surface area contributed by atoms with Gasteiger partial charge in [-0.05, 0) is 36.4 Å². The lowest BCUT2D eigenvalue weighted by Gasteiger charge is -2.11. The second-order valence-electron chi connectivity index (χ2n) is 5.74. The molecule has 0 bridgehead atoms. The number of para-hydroxylation sites is 2. The highest BCUT2D eigenvalue weighted by Crippen LogP contribution is 2.33. The van der Waals surface area contributed by atoms with Gasteiger partial charge in [0.2, 0.25) is 0 Å². The van der Waals surface area contributed by atoms with Crippen LogP contribution in [0.2, 0.25) is 0 Å². The van der Waals surface area contributed by atoms with Gasteiger partial charge in [0.25, 0.3) is 5.91 Å². The van der Waals surface area contributed by atoms with Gasteiger partial charge in [0.1, 0.15) is 11.3 Å². The van der Waals surface area contributed by atoms with Crippen LogP contribution >= 0.6 is 11.8 Å². The number of benzene rings is 3. The van der Waals surface area contributed by atoms with Crippen molar-refractivity contribution in [2.45, 2.75) is 9.79 Å². The summed E-state index contributed by atoms with van der Waals surface area (Å²) in [6.07, 6.45) is 0. The maximum absolute atomic E-state index is 12.3.